The highest BCUT2D eigenvalue weighted by Gasteiger charge is 2.49. The summed E-state index contributed by atoms with van der Waals surface area (Å²) < 4.78 is 0. The van der Waals surface area contributed by atoms with E-state index >= 15 is 0 Å². The maximum Gasteiger partial charge on any atom is 0.112 e. The Labute approximate surface area is 177 Å². The van der Waals surface area contributed by atoms with Crippen LogP contribution in [0.4, 0.5) is 0 Å². The Morgan fingerprint density at radius 2 is 1.11 bits per heavy atom. The summed E-state index contributed by atoms with van der Waals surface area (Å²) in [4.78, 5) is 8.59. The Balaban J connectivity index is 5.89. The molecule has 0 aromatic heterocycles. The monoisotopic (exact) mass is 414 g/mol. The minimum atomic E-state index is -1.06. The van der Waals surface area contributed by atoms with E-state index in [1.807, 2.05) is 0 Å². The summed E-state index contributed by atoms with van der Waals surface area (Å²) in [7, 11) is -1.48. The van der Waals surface area contributed by atoms with E-state index in [9.17, 15) is 0 Å². The van der Waals surface area contributed by atoms with Crippen LogP contribution in [0.2, 0.25) is 16.6 Å². The molecular weight excluding hydrogens is 360 g/mol. The first-order valence-corrected chi connectivity index (χ1v) is 15.8. The van der Waals surface area contributed by atoms with Crippen molar-refractivity contribution >= 4 is 18.6 Å². The molecule has 0 aromatic rings. The van der Waals surface area contributed by atoms with Gasteiger partial charge >= 0.3 is 0 Å². The van der Waals surface area contributed by atoms with E-state index in [1.54, 1.807) is 0 Å². The zero-order valence-electron chi connectivity index (χ0n) is 20.9. The second-order valence-electron chi connectivity index (χ2n) is 9.63. The summed E-state index contributed by atoms with van der Waals surface area (Å²) in [5.74, 6) is 0. The van der Waals surface area contributed by atoms with Gasteiger partial charge in [0.15, 0.2) is 0 Å². The summed E-state index contributed by atoms with van der Waals surface area (Å²) in [6.45, 7) is 26.8. The predicted octanol–water partition coefficient (Wildman–Crippen LogP) is 6.30. The van der Waals surface area contributed by atoms with E-state index in [-0.39, 0.29) is 0 Å². The van der Waals surface area contributed by atoms with Crippen molar-refractivity contribution < 1.29 is 0 Å². The molecule has 0 aliphatic heterocycles. The van der Waals surface area contributed by atoms with Gasteiger partial charge in [0.25, 0.3) is 0 Å². The summed E-state index contributed by atoms with van der Waals surface area (Å²) in [6.07, 6.45) is 10.2. The molecule has 164 valence electrons. The molecule has 0 aliphatic carbocycles. The van der Waals surface area contributed by atoms with Gasteiger partial charge in [-0.25, -0.2) is 0 Å². The van der Waals surface area contributed by atoms with Gasteiger partial charge in [-0.15, -0.1) is 0 Å². The first kappa shape index (κ1) is 27.4. The van der Waals surface area contributed by atoms with Gasteiger partial charge < -0.3 is 9.96 Å². The van der Waals surface area contributed by atoms with Gasteiger partial charge in [0.05, 0.1) is 0 Å². The predicted molar refractivity (Wildman–Crippen MR) is 132 cm³/mol. The van der Waals surface area contributed by atoms with Crippen molar-refractivity contribution in [2.45, 2.75) is 148 Å². The van der Waals surface area contributed by atoms with E-state index in [0.717, 1.165) is 0 Å². The van der Waals surface area contributed by atoms with Crippen molar-refractivity contribution in [1.82, 2.24) is 9.96 Å². The van der Waals surface area contributed by atoms with Crippen LogP contribution in [0.1, 0.15) is 121 Å². The van der Waals surface area contributed by atoms with Crippen molar-refractivity contribution in [1.29, 1.82) is 0 Å². The van der Waals surface area contributed by atoms with Crippen molar-refractivity contribution in [2.24, 2.45) is 0 Å². The summed E-state index contributed by atoms with van der Waals surface area (Å²) in [5.41, 5.74) is 0.620. The van der Waals surface area contributed by atoms with Crippen LogP contribution in [0.15, 0.2) is 0 Å². The maximum absolute atomic E-state index is 4.42. The molecule has 0 heterocycles. The van der Waals surface area contributed by atoms with Gasteiger partial charge in [0, 0.05) is 11.1 Å². The Hall–Kier alpha value is 0.354. The lowest BCUT2D eigenvalue weighted by atomic mass is 9.76. The molecule has 0 fully saturated rings. The Morgan fingerprint density at radius 1 is 0.667 bits per heavy atom. The quantitative estimate of drug-likeness (QED) is 0.307. The van der Waals surface area contributed by atoms with Crippen LogP contribution in [0.25, 0.3) is 0 Å². The molecular formula is C23H54N2Si2. The highest BCUT2D eigenvalue weighted by molar-refractivity contribution is 6.58. The van der Waals surface area contributed by atoms with Crippen LogP contribution >= 0.6 is 0 Å². The molecule has 0 spiro atoms. The van der Waals surface area contributed by atoms with Gasteiger partial charge in [0.1, 0.15) is 18.6 Å². The molecule has 0 amide bonds. The van der Waals surface area contributed by atoms with Crippen molar-refractivity contribution in [3.8, 4) is 0 Å². The van der Waals surface area contributed by atoms with Crippen LogP contribution in [0, 0.1) is 0 Å². The second kappa shape index (κ2) is 11.5. The number of rotatable bonds is 15. The Morgan fingerprint density at radius 3 is 1.41 bits per heavy atom. The van der Waals surface area contributed by atoms with Crippen LogP contribution < -0.4 is 9.96 Å². The van der Waals surface area contributed by atoms with Gasteiger partial charge in [-0.05, 0) is 42.7 Å². The first-order valence-electron chi connectivity index (χ1n) is 12.1. The average molecular weight is 415 g/mol. The fourth-order valence-electron chi connectivity index (χ4n) is 5.04. The van der Waals surface area contributed by atoms with Crippen LogP contribution in [0.5, 0.6) is 0 Å². The standard InChI is InChI=1S/C23H54N2Si2/c1-12-20(9,13-2)24-26-23(18-7,19-8)22(16-5,17-6)25-27(11)21(10,14-3)15-4/h24-25,27H,12-19,26H2,1-11H3. The molecule has 2 nitrogen and oxygen atoms in total. The van der Waals surface area contributed by atoms with Gasteiger partial charge in [-0.1, -0.05) is 94.5 Å². The third-order valence-electron chi connectivity index (χ3n) is 9.14. The van der Waals surface area contributed by atoms with E-state index in [2.05, 4.69) is 85.7 Å². The maximum atomic E-state index is 4.42. The second-order valence-corrected chi connectivity index (χ2v) is 14.8. The summed E-state index contributed by atoms with van der Waals surface area (Å²) >= 11 is 0. The number of hydrogen-bond acceptors (Lipinski definition) is 2. The molecule has 27 heavy (non-hydrogen) atoms. The van der Waals surface area contributed by atoms with Crippen LogP contribution in [-0.2, 0) is 0 Å². The smallest absolute Gasteiger partial charge is 0.112 e. The summed E-state index contributed by atoms with van der Waals surface area (Å²) in [6, 6.07) is 0. The fourth-order valence-corrected chi connectivity index (χ4v) is 11.1. The highest BCUT2D eigenvalue weighted by Crippen LogP contribution is 2.50. The van der Waals surface area contributed by atoms with Gasteiger partial charge in [-0.3, -0.25) is 0 Å². The van der Waals surface area contributed by atoms with Crippen LogP contribution in [-0.4, -0.2) is 29.7 Å². The molecule has 0 rings (SSSR count). The normalized spacial score (nSPS) is 15.7. The Kier molecular flexibility index (Phi) is 11.7. The third kappa shape index (κ3) is 5.93. The van der Waals surface area contributed by atoms with Crippen molar-refractivity contribution in [3.63, 3.8) is 0 Å². The zero-order chi connectivity index (χ0) is 21.4. The molecule has 0 aromatic carbocycles. The fraction of sp³-hybridized carbons (Fsp3) is 1.00. The van der Waals surface area contributed by atoms with Crippen molar-refractivity contribution in [2.75, 3.05) is 0 Å². The molecule has 0 bridgehead atoms. The largest absolute Gasteiger partial charge is 0.337 e. The van der Waals surface area contributed by atoms with E-state index in [4.69, 9.17) is 0 Å². The Bertz CT molecular complexity index is 395. The average Bonchev–Trinajstić information content (AvgIpc) is 2.72. The lowest BCUT2D eigenvalue weighted by molar-refractivity contribution is 0.217. The van der Waals surface area contributed by atoms with Crippen LogP contribution in [0.3, 0.4) is 0 Å². The first-order chi connectivity index (χ1) is 12.6. The lowest BCUT2D eigenvalue weighted by Crippen LogP contribution is -2.64. The third-order valence-corrected chi connectivity index (χ3v) is 16.4. The molecule has 0 radical (unpaired) electrons. The SMILES string of the molecule is CCC(C)(CC)N[SiH2]C(CC)(CC)C(CC)(CC)N[SiH](C)C(C)(CC)CC. The molecule has 1 atom stereocenters. The minimum absolute atomic E-state index is 0.301. The lowest BCUT2D eigenvalue weighted by Gasteiger charge is -2.54. The molecule has 1 unspecified atom stereocenters. The van der Waals surface area contributed by atoms with Gasteiger partial charge in [-0.2, -0.15) is 0 Å². The van der Waals surface area contributed by atoms with Gasteiger partial charge in [0.2, 0.25) is 0 Å². The molecule has 0 aliphatic rings. The topological polar surface area (TPSA) is 24.1 Å². The molecule has 0 saturated heterocycles. The molecule has 0 saturated carbocycles. The molecule has 2 N–H and O–H groups in total. The summed E-state index contributed by atoms with van der Waals surface area (Å²) in [5, 5.41) is 0.963. The van der Waals surface area contributed by atoms with E-state index in [0.29, 0.717) is 21.2 Å². The number of hydrogen-bond donors (Lipinski definition) is 2. The highest BCUT2D eigenvalue weighted by atomic mass is 28.3. The molecule has 4 heteroatoms. The van der Waals surface area contributed by atoms with E-state index < -0.39 is 18.6 Å². The number of nitrogens with one attached hydrogen (secondary N) is 2. The van der Waals surface area contributed by atoms with E-state index in [1.165, 1.54) is 51.4 Å². The zero-order valence-corrected chi connectivity index (χ0v) is 23.5. The van der Waals surface area contributed by atoms with Crippen molar-refractivity contribution in [3.05, 3.63) is 0 Å². The minimum Gasteiger partial charge on any atom is -0.337 e.